The van der Waals surface area contributed by atoms with E-state index in [1.807, 2.05) is 6.92 Å². The molecule has 1 aromatic rings. The molecule has 0 N–H and O–H groups in total. The summed E-state index contributed by atoms with van der Waals surface area (Å²) in [4.78, 5) is 0. The predicted molar refractivity (Wildman–Crippen MR) is 84.5 cm³/mol. The topological polar surface area (TPSA) is 9.23 Å². The number of hydrogen-bond acceptors (Lipinski definition) is 1. The maximum Gasteiger partial charge on any atom is 0.0474 e. The van der Waals surface area contributed by atoms with Crippen molar-refractivity contribution in [3.63, 3.8) is 0 Å². The Bertz CT molecular complexity index is 320. The molecule has 96 valence electrons. The first-order chi connectivity index (χ1) is 8.18. The number of benzene rings is 1. The summed E-state index contributed by atoms with van der Waals surface area (Å²) in [5.41, 5.74) is 1.45. The molecule has 0 unspecified atom stereocenters. The van der Waals surface area contributed by atoms with Crippen LogP contribution in [0.4, 0.5) is 0 Å². The van der Waals surface area contributed by atoms with Gasteiger partial charge in [-0.15, -0.1) is 0 Å². The number of alkyl halides is 2. The summed E-state index contributed by atoms with van der Waals surface area (Å²) in [6.45, 7) is 3.61. The van der Waals surface area contributed by atoms with Gasteiger partial charge in [-0.3, -0.25) is 0 Å². The molecule has 4 heteroatoms. The molecule has 0 radical (unpaired) electrons. The normalized spacial score (nSPS) is 11.8. The number of rotatable bonds is 7. The maximum atomic E-state index is 5.49. The van der Waals surface area contributed by atoms with Gasteiger partial charge in [0, 0.05) is 33.8 Å². The summed E-state index contributed by atoms with van der Waals surface area (Å²) < 4.78 is 6.60. The first-order valence-corrected chi connectivity index (χ1v) is 8.68. The van der Waals surface area contributed by atoms with Crippen LogP contribution in [0.15, 0.2) is 28.7 Å². The highest BCUT2D eigenvalue weighted by molar-refractivity contribution is 9.10. The van der Waals surface area contributed by atoms with E-state index in [4.69, 9.17) is 4.74 Å². The van der Waals surface area contributed by atoms with E-state index >= 15 is 0 Å². The van der Waals surface area contributed by atoms with Crippen LogP contribution in [0.1, 0.15) is 18.9 Å². The van der Waals surface area contributed by atoms with E-state index < -0.39 is 0 Å². The van der Waals surface area contributed by atoms with Gasteiger partial charge in [0.2, 0.25) is 0 Å². The number of halogens is 3. The molecule has 0 fully saturated rings. The summed E-state index contributed by atoms with van der Waals surface area (Å²) in [5, 5.41) is 1.86. The van der Waals surface area contributed by atoms with Gasteiger partial charge in [-0.05, 0) is 31.0 Å². The van der Waals surface area contributed by atoms with Gasteiger partial charge in [0.15, 0.2) is 0 Å². The van der Waals surface area contributed by atoms with Crippen molar-refractivity contribution in [3.8, 4) is 0 Å². The Morgan fingerprint density at radius 3 is 2.18 bits per heavy atom. The van der Waals surface area contributed by atoms with E-state index in [1.165, 1.54) is 5.56 Å². The smallest absolute Gasteiger partial charge is 0.0474 e. The molecule has 0 saturated heterocycles. The molecular weight excluding hydrogens is 412 g/mol. The zero-order chi connectivity index (χ0) is 12.7. The van der Waals surface area contributed by atoms with Gasteiger partial charge in [0.25, 0.3) is 0 Å². The molecule has 1 aromatic carbocycles. The molecule has 0 aromatic heterocycles. The van der Waals surface area contributed by atoms with Crippen LogP contribution in [0.2, 0.25) is 0 Å². The largest absolute Gasteiger partial charge is 0.382 e. The molecule has 0 atom stereocenters. The number of ether oxygens (including phenoxy) is 1. The zero-order valence-electron chi connectivity index (χ0n) is 9.89. The lowest BCUT2D eigenvalue weighted by Gasteiger charge is -2.30. The molecule has 0 aliphatic heterocycles. The van der Waals surface area contributed by atoms with Crippen molar-refractivity contribution in [2.24, 2.45) is 0 Å². The molecule has 1 nitrogen and oxygen atoms in total. The highest BCUT2D eigenvalue weighted by Gasteiger charge is 2.29. The molecule has 0 aliphatic rings. The van der Waals surface area contributed by atoms with Crippen molar-refractivity contribution in [1.82, 2.24) is 0 Å². The second-order valence-corrected chi connectivity index (χ2v) is 6.04. The summed E-state index contributed by atoms with van der Waals surface area (Å²) in [7, 11) is 0. The lowest BCUT2D eigenvalue weighted by atomic mass is 9.82. The minimum Gasteiger partial charge on any atom is -0.382 e. The average molecular weight is 429 g/mol. The molecule has 0 amide bonds. The Labute approximate surface area is 129 Å². The van der Waals surface area contributed by atoms with Crippen LogP contribution in [-0.4, -0.2) is 23.9 Å². The zero-order valence-corrected chi connectivity index (χ0v) is 14.6. The SMILES string of the molecule is CCOCCC(CBr)(CBr)c1ccc(Br)cc1. The molecule has 17 heavy (non-hydrogen) atoms. The van der Waals surface area contributed by atoms with Crippen molar-refractivity contribution >= 4 is 47.8 Å². The Hall–Kier alpha value is 0.620. The van der Waals surface area contributed by atoms with Gasteiger partial charge in [-0.25, -0.2) is 0 Å². The van der Waals surface area contributed by atoms with E-state index in [0.717, 1.165) is 34.8 Å². The Morgan fingerprint density at radius 2 is 1.71 bits per heavy atom. The Balaban J connectivity index is 2.85. The lowest BCUT2D eigenvalue weighted by molar-refractivity contribution is 0.131. The highest BCUT2D eigenvalue weighted by atomic mass is 79.9. The minimum absolute atomic E-state index is 0.107. The second-order valence-electron chi connectivity index (χ2n) is 4.00. The van der Waals surface area contributed by atoms with Crippen molar-refractivity contribution in [2.75, 3.05) is 23.9 Å². The van der Waals surface area contributed by atoms with Crippen LogP contribution < -0.4 is 0 Å². The fourth-order valence-electron chi connectivity index (χ4n) is 1.68. The van der Waals surface area contributed by atoms with Crippen LogP contribution in [0.25, 0.3) is 0 Å². The van der Waals surface area contributed by atoms with Gasteiger partial charge < -0.3 is 4.74 Å². The van der Waals surface area contributed by atoms with E-state index in [2.05, 4.69) is 72.1 Å². The Morgan fingerprint density at radius 1 is 1.12 bits per heavy atom. The van der Waals surface area contributed by atoms with Gasteiger partial charge in [0.1, 0.15) is 0 Å². The standard InChI is InChI=1S/C13H17Br3O/c1-2-17-8-7-13(9-14,10-15)11-3-5-12(16)6-4-11/h3-6H,2,7-10H2,1H3. The van der Waals surface area contributed by atoms with Gasteiger partial charge in [-0.2, -0.15) is 0 Å². The van der Waals surface area contributed by atoms with Crippen molar-refractivity contribution in [1.29, 1.82) is 0 Å². The Kier molecular flexibility index (Phi) is 7.31. The molecule has 0 spiro atoms. The van der Waals surface area contributed by atoms with E-state index in [-0.39, 0.29) is 5.41 Å². The fourth-order valence-corrected chi connectivity index (χ4v) is 4.08. The van der Waals surface area contributed by atoms with Crippen LogP contribution in [-0.2, 0) is 10.2 Å². The van der Waals surface area contributed by atoms with Crippen LogP contribution in [0.3, 0.4) is 0 Å². The summed E-state index contributed by atoms with van der Waals surface area (Å²) in [6.07, 6.45) is 1.01. The quantitative estimate of drug-likeness (QED) is 0.443. The van der Waals surface area contributed by atoms with Crippen LogP contribution in [0.5, 0.6) is 0 Å². The van der Waals surface area contributed by atoms with E-state index in [1.54, 1.807) is 0 Å². The first kappa shape index (κ1) is 15.7. The average Bonchev–Trinajstić information content (AvgIpc) is 2.37. The van der Waals surface area contributed by atoms with Crippen molar-refractivity contribution < 1.29 is 4.74 Å². The van der Waals surface area contributed by atoms with E-state index in [9.17, 15) is 0 Å². The summed E-state index contributed by atoms with van der Waals surface area (Å²) in [6, 6.07) is 8.54. The van der Waals surface area contributed by atoms with Crippen molar-refractivity contribution in [2.45, 2.75) is 18.8 Å². The van der Waals surface area contributed by atoms with Crippen molar-refractivity contribution in [3.05, 3.63) is 34.3 Å². The molecule has 0 saturated carbocycles. The third-order valence-electron chi connectivity index (χ3n) is 2.90. The van der Waals surface area contributed by atoms with Crippen LogP contribution in [0, 0.1) is 0 Å². The van der Waals surface area contributed by atoms with Gasteiger partial charge in [0.05, 0.1) is 0 Å². The molecular formula is C13H17Br3O. The minimum atomic E-state index is 0.107. The van der Waals surface area contributed by atoms with Crippen LogP contribution >= 0.6 is 47.8 Å². The predicted octanol–water partition coefficient (Wildman–Crippen LogP) is 4.90. The first-order valence-electron chi connectivity index (χ1n) is 5.64. The summed E-state index contributed by atoms with van der Waals surface area (Å²) >= 11 is 10.8. The lowest BCUT2D eigenvalue weighted by Crippen LogP contribution is -2.31. The summed E-state index contributed by atoms with van der Waals surface area (Å²) in [5.74, 6) is 0. The monoisotopic (exact) mass is 426 g/mol. The highest BCUT2D eigenvalue weighted by Crippen LogP contribution is 2.33. The molecule has 0 aliphatic carbocycles. The van der Waals surface area contributed by atoms with Gasteiger partial charge >= 0.3 is 0 Å². The fraction of sp³-hybridized carbons (Fsp3) is 0.538. The van der Waals surface area contributed by atoms with Gasteiger partial charge in [-0.1, -0.05) is 59.9 Å². The molecule has 0 bridgehead atoms. The molecule has 0 heterocycles. The third kappa shape index (κ3) is 4.34. The van der Waals surface area contributed by atoms with E-state index in [0.29, 0.717) is 0 Å². The number of hydrogen-bond donors (Lipinski definition) is 0. The third-order valence-corrected chi connectivity index (χ3v) is 5.57. The second kappa shape index (κ2) is 7.93. The molecule has 1 rings (SSSR count). The maximum absolute atomic E-state index is 5.49.